The van der Waals surface area contributed by atoms with Crippen LogP contribution in [-0.4, -0.2) is 24.8 Å². The molecule has 2 aromatic carbocycles. The molecule has 0 aromatic heterocycles. The third kappa shape index (κ3) is 4.86. The maximum absolute atomic E-state index is 10.9. The third-order valence-corrected chi connectivity index (χ3v) is 3.28. The number of carbonyl (C=O) groups is 1. The van der Waals surface area contributed by atoms with Crippen LogP contribution in [0.25, 0.3) is 10.8 Å². The van der Waals surface area contributed by atoms with E-state index in [9.17, 15) is 4.79 Å². The first-order chi connectivity index (χ1) is 11.1. The molecule has 0 atom stereocenters. The van der Waals surface area contributed by atoms with Crippen LogP contribution >= 0.6 is 0 Å². The lowest BCUT2D eigenvalue weighted by molar-refractivity contribution is -0.124. The zero-order valence-corrected chi connectivity index (χ0v) is 13.1. The molecule has 0 saturated carbocycles. The van der Waals surface area contributed by atoms with Gasteiger partial charge in [-0.25, -0.2) is 5.48 Å². The van der Waals surface area contributed by atoms with Crippen molar-refractivity contribution in [2.24, 2.45) is 0 Å². The second-order valence-electron chi connectivity index (χ2n) is 4.94. The molecular weight excluding hydrogens is 294 g/mol. The summed E-state index contributed by atoms with van der Waals surface area (Å²) in [5, 5.41) is 10.5. The molecule has 2 N–H and O–H groups in total. The van der Waals surface area contributed by atoms with Crippen LogP contribution in [0.3, 0.4) is 0 Å². The number of hydrogen-bond acceptors (Lipinski definition) is 4. The van der Waals surface area contributed by atoms with Gasteiger partial charge < -0.3 is 9.47 Å². The summed E-state index contributed by atoms with van der Waals surface area (Å²) in [5.41, 5.74) is 2.39. The van der Waals surface area contributed by atoms with Crippen LogP contribution < -0.4 is 15.0 Å². The number of benzene rings is 2. The molecular formula is C18H19NO4. The first-order valence-corrected chi connectivity index (χ1v) is 7.12. The Hall–Kier alpha value is -2.79. The van der Waals surface area contributed by atoms with Gasteiger partial charge in [-0.2, -0.15) is 0 Å². The summed E-state index contributed by atoms with van der Waals surface area (Å²) in [4.78, 5) is 10.9. The number of hydrogen-bond donors (Lipinski definition) is 2. The van der Waals surface area contributed by atoms with E-state index in [1.807, 2.05) is 49.4 Å². The van der Waals surface area contributed by atoms with Gasteiger partial charge in [0.25, 0.3) is 5.91 Å². The number of rotatable bonds is 6. The molecule has 0 saturated heterocycles. The van der Waals surface area contributed by atoms with Gasteiger partial charge in [0.1, 0.15) is 18.1 Å². The number of ether oxygens (including phenoxy) is 2. The van der Waals surface area contributed by atoms with Crippen LogP contribution in [0.5, 0.6) is 11.5 Å². The summed E-state index contributed by atoms with van der Waals surface area (Å²) in [6.45, 7) is 2.22. The Morgan fingerprint density at radius 1 is 1.13 bits per heavy atom. The number of hydroxylamine groups is 1. The van der Waals surface area contributed by atoms with Gasteiger partial charge in [-0.1, -0.05) is 23.8 Å². The first-order valence-electron chi connectivity index (χ1n) is 7.12. The number of allylic oxidation sites excluding steroid dienone is 2. The molecule has 0 radical (unpaired) electrons. The monoisotopic (exact) mass is 313 g/mol. The highest BCUT2D eigenvalue weighted by atomic mass is 16.5. The fraction of sp³-hybridized carbons (Fsp3) is 0.167. The molecule has 23 heavy (non-hydrogen) atoms. The van der Waals surface area contributed by atoms with E-state index in [1.54, 1.807) is 13.2 Å². The maximum Gasteiger partial charge on any atom is 0.267 e. The number of nitrogens with one attached hydrogen (secondary N) is 1. The van der Waals surface area contributed by atoms with E-state index < -0.39 is 5.91 Å². The number of fused-ring (bicyclic) bond motifs is 1. The quantitative estimate of drug-likeness (QED) is 0.372. The molecule has 0 aliphatic heterocycles. The zero-order valence-electron chi connectivity index (χ0n) is 13.1. The Morgan fingerprint density at radius 2 is 1.83 bits per heavy atom. The van der Waals surface area contributed by atoms with Gasteiger partial charge in [-0.05, 0) is 48.0 Å². The van der Waals surface area contributed by atoms with Crippen molar-refractivity contribution in [3.63, 3.8) is 0 Å². The van der Waals surface area contributed by atoms with E-state index in [-0.39, 0.29) is 0 Å². The minimum absolute atomic E-state index is 0.381. The van der Waals surface area contributed by atoms with E-state index in [1.165, 1.54) is 11.6 Å². The van der Waals surface area contributed by atoms with Crippen LogP contribution in [0.4, 0.5) is 0 Å². The Kier molecular flexibility index (Phi) is 5.77. The van der Waals surface area contributed by atoms with Gasteiger partial charge in [0.15, 0.2) is 0 Å². The van der Waals surface area contributed by atoms with Gasteiger partial charge in [0.2, 0.25) is 0 Å². The van der Waals surface area contributed by atoms with Crippen LogP contribution in [0.2, 0.25) is 0 Å². The van der Waals surface area contributed by atoms with Crippen molar-refractivity contribution < 1.29 is 19.5 Å². The minimum Gasteiger partial charge on any atom is -0.497 e. The lowest BCUT2D eigenvalue weighted by Crippen LogP contribution is -2.14. The van der Waals surface area contributed by atoms with Gasteiger partial charge in [-0.15, -0.1) is 0 Å². The molecule has 0 fully saturated rings. The first kappa shape index (κ1) is 16.6. The molecule has 0 unspecified atom stereocenters. The average molecular weight is 313 g/mol. The fourth-order valence-corrected chi connectivity index (χ4v) is 2.00. The van der Waals surface area contributed by atoms with E-state index >= 15 is 0 Å². The molecule has 0 heterocycles. The van der Waals surface area contributed by atoms with Crippen LogP contribution in [0.1, 0.15) is 6.92 Å². The Labute approximate surface area is 134 Å². The SMILES string of the molecule is COc1ccc2ccc(OC/C=C(C)/C=C/C(=O)NO)cc2c1. The summed E-state index contributed by atoms with van der Waals surface area (Å²) in [6.07, 6.45) is 4.69. The second-order valence-corrected chi connectivity index (χ2v) is 4.94. The van der Waals surface area contributed by atoms with Gasteiger partial charge in [0, 0.05) is 6.08 Å². The molecule has 0 bridgehead atoms. The summed E-state index contributed by atoms with van der Waals surface area (Å²) in [5.74, 6) is 0.992. The van der Waals surface area contributed by atoms with Gasteiger partial charge in [0.05, 0.1) is 7.11 Å². The smallest absolute Gasteiger partial charge is 0.267 e. The number of methoxy groups -OCH3 is 1. The molecule has 120 valence electrons. The molecule has 5 nitrogen and oxygen atoms in total. The number of amides is 1. The Balaban J connectivity index is 2.01. The standard InChI is InChI=1S/C18H19NO4/c1-13(3-8-18(20)19-21)9-10-23-17-7-5-14-4-6-16(22-2)11-15(14)12-17/h3-9,11-12,21H,10H2,1-2H3,(H,19,20)/b8-3+,13-9+. The van der Waals surface area contributed by atoms with E-state index in [4.69, 9.17) is 14.7 Å². The van der Waals surface area contributed by atoms with Crippen molar-refractivity contribution in [1.82, 2.24) is 5.48 Å². The third-order valence-electron chi connectivity index (χ3n) is 3.28. The molecule has 1 amide bonds. The lowest BCUT2D eigenvalue weighted by Gasteiger charge is -2.07. The second kappa shape index (κ2) is 8.00. The molecule has 2 aromatic rings. The van der Waals surface area contributed by atoms with Crippen LogP contribution in [0, 0.1) is 0 Å². The minimum atomic E-state index is -0.567. The molecule has 0 aliphatic carbocycles. The summed E-state index contributed by atoms with van der Waals surface area (Å²) in [6, 6.07) is 11.7. The molecule has 0 spiro atoms. The van der Waals surface area contributed by atoms with Crippen molar-refractivity contribution in [1.29, 1.82) is 0 Å². The van der Waals surface area contributed by atoms with Crippen molar-refractivity contribution in [2.45, 2.75) is 6.92 Å². The molecule has 2 rings (SSSR count). The zero-order chi connectivity index (χ0) is 16.7. The normalized spacial score (nSPS) is 11.7. The highest BCUT2D eigenvalue weighted by Crippen LogP contribution is 2.24. The molecule has 5 heteroatoms. The van der Waals surface area contributed by atoms with E-state index in [0.717, 1.165) is 27.8 Å². The summed E-state index contributed by atoms with van der Waals surface area (Å²) in [7, 11) is 1.64. The van der Waals surface area contributed by atoms with Crippen molar-refractivity contribution >= 4 is 16.7 Å². The summed E-state index contributed by atoms with van der Waals surface area (Å²) >= 11 is 0. The lowest BCUT2D eigenvalue weighted by atomic mass is 10.1. The molecule has 0 aliphatic rings. The maximum atomic E-state index is 10.9. The largest absolute Gasteiger partial charge is 0.497 e. The number of carbonyl (C=O) groups excluding carboxylic acids is 1. The van der Waals surface area contributed by atoms with Crippen molar-refractivity contribution in [3.05, 3.63) is 60.2 Å². The summed E-state index contributed by atoms with van der Waals surface area (Å²) < 4.78 is 10.9. The Morgan fingerprint density at radius 3 is 2.52 bits per heavy atom. The average Bonchev–Trinajstić information content (AvgIpc) is 2.58. The van der Waals surface area contributed by atoms with E-state index in [0.29, 0.717) is 6.61 Å². The van der Waals surface area contributed by atoms with Crippen molar-refractivity contribution in [2.75, 3.05) is 13.7 Å². The predicted molar refractivity (Wildman–Crippen MR) is 88.8 cm³/mol. The van der Waals surface area contributed by atoms with Crippen LogP contribution in [-0.2, 0) is 4.79 Å². The highest BCUT2D eigenvalue weighted by Gasteiger charge is 1.99. The fourth-order valence-electron chi connectivity index (χ4n) is 2.00. The van der Waals surface area contributed by atoms with Crippen molar-refractivity contribution in [3.8, 4) is 11.5 Å². The Bertz CT molecular complexity index is 750. The van der Waals surface area contributed by atoms with E-state index in [2.05, 4.69) is 0 Å². The van der Waals surface area contributed by atoms with Gasteiger partial charge in [-0.3, -0.25) is 10.0 Å². The van der Waals surface area contributed by atoms with Gasteiger partial charge >= 0.3 is 0 Å². The van der Waals surface area contributed by atoms with Crippen LogP contribution in [0.15, 0.2) is 60.2 Å². The predicted octanol–water partition coefficient (Wildman–Crippen LogP) is 3.24. The highest BCUT2D eigenvalue weighted by molar-refractivity contribution is 5.87. The topological polar surface area (TPSA) is 67.8 Å².